The third kappa shape index (κ3) is 6.29. The van der Waals surface area contributed by atoms with Gasteiger partial charge in [0.2, 0.25) is 5.96 Å². The van der Waals surface area contributed by atoms with Crippen molar-refractivity contribution in [2.45, 2.75) is 0 Å². The van der Waals surface area contributed by atoms with Crippen molar-refractivity contribution in [1.82, 2.24) is 5.43 Å². The number of guanidine groups is 1. The normalized spacial score (nSPS) is 10.2. The van der Waals surface area contributed by atoms with Gasteiger partial charge in [-0.3, -0.25) is 5.41 Å². The number of halogens is 1. The molecule has 18 heavy (non-hydrogen) atoms. The predicted octanol–water partition coefficient (Wildman–Crippen LogP) is 1.02. The second-order valence-electron chi connectivity index (χ2n) is 3.12. The lowest BCUT2D eigenvalue weighted by Gasteiger charge is -1.96. The van der Waals surface area contributed by atoms with Crippen LogP contribution in [0.1, 0.15) is 11.1 Å². The Balaban J connectivity index is 0.00000289. The highest BCUT2D eigenvalue weighted by Gasteiger charge is 1.91. The molecule has 0 spiro atoms. The average molecular weight is 269 g/mol. The zero-order valence-electron chi connectivity index (χ0n) is 9.33. The van der Waals surface area contributed by atoms with Gasteiger partial charge in [0.1, 0.15) is 0 Å². The van der Waals surface area contributed by atoms with E-state index >= 15 is 0 Å². The van der Waals surface area contributed by atoms with Gasteiger partial charge in [-0.15, -0.1) is 12.4 Å². The summed E-state index contributed by atoms with van der Waals surface area (Å²) < 4.78 is 0. The lowest BCUT2D eigenvalue weighted by atomic mass is 10.1. The minimum atomic E-state index is -0.985. The molecule has 0 aliphatic heterocycles. The maximum atomic E-state index is 10.3. The molecular weight excluding hydrogens is 256 g/mol. The van der Waals surface area contributed by atoms with Crippen LogP contribution in [0.4, 0.5) is 0 Å². The quantitative estimate of drug-likeness (QED) is 0.283. The van der Waals surface area contributed by atoms with E-state index in [1.807, 2.05) is 0 Å². The molecule has 0 aliphatic rings. The molecule has 5 N–H and O–H groups in total. The molecule has 0 bridgehead atoms. The summed E-state index contributed by atoms with van der Waals surface area (Å²) in [5.74, 6) is -1.22. The number of nitrogens with zero attached hydrogens (tertiary/aromatic N) is 1. The number of carbonyl (C=O) groups is 1. The van der Waals surface area contributed by atoms with Gasteiger partial charge in [-0.05, 0) is 17.2 Å². The molecule has 0 unspecified atom stereocenters. The third-order valence-electron chi connectivity index (χ3n) is 1.75. The minimum absolute atomic E-state index is 0. The molecule has 0 radical (unpaired) electrons. The van der Waals surface area contributed by atoms with Gasteiger partial charge in [0, 0.05) is 6.08 Å². The van der Waals surface area contributed by atoms with Gasteiger partial charge in [-0.2, -0.15) is 5.10 Å². The third-order valence-corrected chi connectivity index (χ3v) is 1.75. The number of aliphatic carboxylic acids is 1. The van der Waals surface area contributed by atoms with E-state index in [4.69, 9.17) is 16.2 Å². The number of carboxylic acids is 1. The summed E-state index contributed by atoms with van der Waals surface area (Å²) in [6.07, 6.45) is 4.07. The molecule has 6 nitrogen and oxygen atoms in total. The second-order valence-corrected chi connectivity index (χ2v) is 3.12. The van der Waals surface area contributed by atoms with Crippen molar-refractivity contribution in [3.8, 4) is 0 Å². The van der Waals surface area contributed by atoms with Crippen LogP contribution in [-0.2, 0) is 4.79 Å². The minimum Gasteiger partial charge on any atom is -0.478 e. The number of nitrogens with two attached hydrogens (primary N) is 1. The Hall–Kier alpha value is -2.34. The van der Waals surface area contributed by atoms with Crippen molar-refractivity contribution in [2.75, 3.05) is 0 Å². The molecule has 0 atom stereocenters. The molecule has 0 fully saturated rings. The highest BCUT2D eigenvalue weighted by atomic mass is 35.5. The number of hydrogen-bond donors (Lipinski definition) is 4. The number of hydrazone groups is 1. The number of benzene rings is 1. The molecular formula is C11H13ClN4O2. The fourth-order valence-corrected chi connectivity index (χ4v) is 1.04. The summed E-state index contributed by atoms with van der Waals surface area (Å²) >= 11 is 0. The lowest BCUT2D eigenvalue weighted by Crippen LogP contribution is -2.25. The molecule has 1 aromatic rings. The zero-order valence-corrected chi connectivity index (χ0v) is 10.1. The van der Waals surface area contributed by atoms with Crippen molar-refractivity contribution >= 4 is 36.6 Å². The molecule has 0 saturated carbocycles. The maximum Gasteiger partial charge on any atom is 0.328 e. The Bertz CT molecular complexity index is 468. The van der Waals surface area contributed by atoms with Crippen molar-refractivity contribution < 1.29 is 9.90 Å². The summed E-state index contributed by atoms with van der Waals surface area (Å²) in [5, 5.41) is 19.0. The first-order chi connectivity index (χ1) is 8.08. The first-order valence-corrected chi connectivity index (χ1v) is 4.72. The molecule has 7 heteroatoms. The van der Waals surface area contributed by atoms with Crippen molar-refractivity contribution in [1.29, 1.82) is 5.41 Å². The molecule has 0 aliphatic carbocycles. The van der Waals surface area contributed by atoms with Gasteiger partial charge in [-0.1, -0.05) is 24.3 Å². The zero-order chi connectivity index (χ0) is 12.7. The van der Waals surface area contributed by atoms with Crippen LogP contribution in [0.2, 0.25) is 0 Å². The van der Waals surface area contributed by atoms with E-state index in [0.29, 0.717) is 0 Å². The van der Waals surface area contributed by atoms with Crippen LogP contribution >= 0.6 is 12.4 Å². The summed E-state index contributed by atoms with van der Waals surface area (Å²) in [6, 6.07) is 7.06. The Morgan fingerprint density at radius 2 is 1.89 bits per heavy atom. The average Bonchev–Trinajstić information content (AvgIpc) is 2.27. The Morgan fingerprint density at radius 3 is 2.39 bits per heavy atom. The number of hydrogen-bond acceptors (Lipinski definition) is 3. The number of rotatable bonds is 4. The molecule has 1 rings (SSSR count). The van der Waals surface area contributed by atoms with Crippen LogP contribution in [0.15, 0.2) is 35.4 Å². The second kappa shape index (κ2) is 7.86. The molecule has 0 heterocycles. The monoisotopic (exact) mass is 268 g/mol. The molecule has 1 aromatic carbocycles. The highest BCUT2D eigenvalue weighted by molar-refractivity contribution is 5.86. The Labute approximate surface area is 110 Å². The lowest BCUT2D eigenvalue weighted by molar-refractivity contribution is -0.131. The van der Waals surface area contributed by atoms with Crippen molar-refractivity contribution in [3.63, 3.8) is 0 Å². The predicted molar refractivity (Wildman–Crippen MR) is 73.0 cm³/mol. The van der Waals surface area contributed by atoms with E-state index in [1.54, 1.807) is 24.3 Å². The van der Waals surface area contributed by atoms with Crippen LogP contribution in [0.5, 0.6) is 0 Å². The van der Waals surface area contributed by atoms with Crippen LogP contribution in [-0.4, -0.2) is 23.2 Å². The van der Waals surface area contributed by atoms with Crippen molar-refractivity contribution in [3.05, 3.63) is 41.5 Å². The highest BCUT2D eigenvalue weighted by Crippen LogP contribution is 2.04. The van der Waals surface area contributed by atoms with Crippen molar-refractivity contribution in [2.24, 2.45) is 10.8 Å². The number of nitrogens with one attached hydrogen (secondary N) is 2. The molecule has 0 amide bonds. The maximum absolute atomic E-state index is 10.3. The van der Waals surface area contributed by atoms with E-state index in [2.05, 4.69) is 10.5 Å². The van der Waals surface area contributed by atoms with Gasteiger partial charge in [-0.25, -0.2) is 10.2 Å². The standard InChI is InChI=1S/C11H12N4O2.ClH/c12-11(13)15-14-7-9-3-1-8(2-4-9)5-6-10(16)17;/h1-7H,(H,16,17)(H4,12,13,15);1H/b6-5+,14-7+;. The molecule has 0 aromatic heterocycles. The summed E-state index contributed by atoms with van der Waals surface area (Å²) in [5.41, 5.74) is 8.92. The fourth-order valence-electron chi connectivity index (χ4n) is 1.04. The first-order valence-electron chi connectivity index (χ1n) is 4.72. The van der Waals surface area contributed by atoms with E-state index in [0.717, 1.165) is 17.2 Å². The molecule has 96 valence electrons. The number of carboxylic acid groups (broad SMARTS) is 1. The van der Waals surface area contributed by atoms with Gasteiger partial charge in [0.15, 0.2) is 0 Å². The van der Waals surface area contributed by atoms with Gasteiger partial charge < -0.3 is 10.8 Å². The largest absolute Gasteiger partial charge is 0.478 e. The van der Waals surface area contributed by atoms with E-state index in [9.17, 15) is 4.79 Å². The van der Waals surface area contributed by atoms with E-state index in [-0.39, 0.29) is 18.4 Å². The first kappa shape index (κ1) is 15.7. The Kier molecular flexibility index (Phi) is 6.83. The SMILES string of the molecule is Cl.N=C(N)N/N=C/c1ccc(/C=C/C(=O)O)cc1. The summed E-state index contributed by atoms with van der Waals surface area (Å²) in [7, 11) is 0. The van der Waals surface area contributed by atoms with Gasteiger partial charge in [0.05, 0.1) is 6.21 Å². The van der Waals surface area contributed by atoms with E-state index < -0.39 is 5.97 Å². The van der Waals surface area contributed by atoms with Crippen LogP contribution in [0, 0.1) is 5.41 Å². The smallest absolute Gasteiger partial charge is 0.328 e. The van der Waals surface area contributed by atoms with E-state index in [1.165, 1.54) is 12.3 Å². The van der Waals surface area contributed by atoms with Gasteiger partial charge in [0.25, 0.3) is 0 Å². The van der Waals surface area contributed by atoms with Crippen LogP contribution in [0.25, 0.3) is 6.08 Å². The summed E-state index contributed by atoms with van der Waals surface area (Å²) in [4.78, 5) is 10.3. The molecule has 0 saturated heterocycles. The summed E-state index contributed by atoms with van der Waals surface area (Å²) in [6.45, 7) is 0. The van der Waals surface area contributed by atoms with Crippen LogP contribution in [0.3, 0.4) is 0 Å². The topological polar surface area (TPSA) is 112 Å². The Morgan fingerprint density at radius 1 is 1.33 bits per heavy atom. The van der Waals surface area contributed by atoms with Gasteiger partial charge >= 0.3 is 5.97 Å². The van der Waals surface area contributed by atoms with Crippen LogP contribution < -0.4 is 11.2 Å². The fraction of sp³-hybridized carbons (Fsp3) is 0.